The summed E-state index contributed by atoms with van der Waals surface area (Å²) in [7, 11) is 0.888. The molecule has 5 rings (SSSR count). The number of alkyl halides is 3. The second kappa shape index (κ2) is 10.2. The Balaban J connectivity index is 1.54. The van der Waals surface area contributed by atoms with Crippen molar-refractivity contribution in [1.82, 2.24) is 14.5 Å². The van der Waals surface area contributed by atoms with E-state index in [0.29, 0.717) is 22.9 Å². The highest BCUT2D eigenvalue weighted by atomic mass is 19.4. The van der Waals surface area contributed by atoms with Crippen LogP contribution in [0.2, 0.25) is 0 Å². The van der Waals surface area contributed by atoms with Crippen molar-refractivity contribution in [2.45, 2.75) is 31.8 Å². The molecule has 1 atom stereocenters. The van der Waals surface area contributed by atoms with Gasteiger partial charge in [0.05, 0.1) is 6.54 Å². The van der Waals surface area contributed by atoms with Crippen LogP contribution in [0.25, 0.3) is 11.3 Å². The number of aromatic nitrogens is 2. The first-order valence-electron chi connectivity index (χ1n) is 12.3. The van der Waals surface area contributed by atoms with Crippen LogP contribution in [-0.4, -0.2) is 40.2 Å². The molecule has 0 aliphatic carbocycles. The Bertz CT molecular complexity index is 1470. The van der Waals surface area contributed by atoms with Gasteiger partial charge in [0.25, 0.3) is 11.5 Å². The summed E-state index contributed by atoms with van der Waals surface area (Å²) in [6.45, 7) is 1.99. The molecule has 202 valence electrons. The molecule has 1 aliphatic rings. The quantitative estimate of drug-likeness (QED) is 0.298. The van der Waals surface area contributed by atoms with Gasteiger partial charge in [0.15, 0.2) is 0 Å². The van der Waals surface area contributed by atoms with Gasteiger partial charge in [-0.3, -0.25) is 4.79 Å². The maximum Gasteiger partial charge on any atom is 0.430 e. The zero-order chi connectivity index (χ0) is 27.8. The number of hydrogen-bond acceptors (Lipinski definition) is 4. The predicted molar refractivity (Wildman–Crippen MR) is 139 cm³/mol. The Hall–Kier alpha value is -4.18. The molecule has 1 N–H and O–H groups in total. The summed E-state index contributed by atoms with van der Waals surface area (Å²) in [5.74, 6) is -0.626. The highest BCUT2D eigenvalue weighted by molar-refractivity contribution is 5.88. The number of rotatable bonds is 6. The number of carbonyl (C=O) groups is 1. The average molecular weight is 539 g/mol. The largest absolute Gasteiger partial charge is 0.430 e. The maximum absolute atomic E-state index is 14.5. The Morgan fingerprint density at radius 3 is 2.23 bits per heavy atom. The van der Waals surface area contributed by atoms with Crippen molar-refractivity contribution >= 4 is 17.4 Å². The fraction of sp³-hybridized carbons (Fsp3) is 0.241. The van der Waals surface area contributed by atoms with Crippen molar-refractivity contribution in [2.24, 2.45) is 0 Å². The molecule has 4 aromatic rings. The van der Waals surface area contributed by atoms with Crippen LogP contribution < -0.4 is 5.32 Å². The number of ether oxygens (including phenoxy) is 1. The van der Waals surface area contributed by atoms with Gasteiger partial charge in [0, 0.05) is 37.0 Å². The van der Waals surface area contributed by atoms with Gasteiger partial charge in [-0.15, -0.1) is 0 Å². The monoisotopic (exact) mass is 538 g/mol. The molecule has 3 aromatic carbocycles. The zero-order valence-electron chi connectivity index (χ0n) is 21.3. The first-order chi connectivity index (χ1) is 18.6. The molecule has 1 amide bonds. The van der Waals surface area contributed by atoms with Gasteiger partial charge >= 0.3 is 6.18 Å². The zero-order valence-corrected chi connectivity index (χ0v) is 21.3. The number of nitrogens with zero attached hydrogens (tertiary/aromatic N) is 3. The highest BCUT2D eigenvalue weighted by Crippen LogP contribution is 2.44. The van der Waals surface area contributed by atoms with E-state index in [-0.39, 0.29) is 25.2 Å². The Labute approximate surface area is 222 Å². The van der Waals surface area contributed by atoms with E-state index in [1.54, 1.807) is 18.2 Å². The standard InChI is InChI=1S/C29H26F4N4O2/c1-19-8-14-23(15-9-19)34-26-25(20-10-12-22(30)13-11-20)35-24-18-36(16-17-37(24)26)27(38)28(39-2,29(31,32)33)21-6-4-3-5-7-21/h3-15,34H,16-18H2,1-2H3. The van der Waals surface area contributed by atoms with E-state index in [0.717, 1.165) is 23.3 Å². The van der Waals surface area contributed by atoms with Crippen molar-refractivity contribution in [2.75, 3.05) is 19.0 Å². The fourth-order valence-corrected chi connectivity index (χ4v) is 4.84. The van der Waals surface area contributed by atoms with Crippen molar-refractivity contribution in [3.05, 3.63) is 102 Å². The summed E-state index contributed by atoms with van der Waals surface area (Å²) in [6, 6.07) is 20.4. The van der Waals surface area contributed by atoms with E-state index < -0.39 is 23.5 Å². The minimum atomic E-state index is -5.01. The lowest BCUT2D eigenvalue weighted by Crippen LogP contribution is -2.58. The lowest BCUT2D eigenvalue weighted by molar-refractivity contribution is -0.271. The normalized spacial score (nSPS) is 15.0. The van der Waals surface area contributed by atoms with E-state index in [1.165, 1.54) is 36.4 Å². The summed E-state index contributed by atoms with van der Waals surface area (Å²) in [4.78, 5) is 19.4. The third-order valence-corrected chi connectivity index (χ3v) is 6.88. The van der Waals surface area contributed by atoms with Crippen LogP contribution in [0, 0.1) is 12.7 Å². The number of benzene rings is 3. The van der Waals surface area contributed by atoms with Gasteiger partial charge in [-0.2, -0.15) is 13.2 Å². The number of halogens is 4. The van der Waals surface area contributed by atoms with Crippen molar-refractivity contribution < 1.29 is 27.1 Å². The molecule has 1 unspecified atom stereocenters. The molecule has 0 bridgehead atoms. The number of amides is 1. The number of aryl methyl sites for hydroxylation is 1. The van der Waals surface area contributed by atoms with Crippen molar-refractivity contribution in [3.63, 3.8) is 0 Å². The van der Waals surface area contributed by atoms with Gasteiger partial charge in [-0.1, -0.05) is 48.0 Å². The molecule has 10 heteroatoms. The molecule has 0 fully saturated rings. The van der Waals surface area contributed by atoms with Crippen LogP contribution in [0.4, 0.5) is 29.1 Å². The molecule has 6 nitrogen and oxygen atoms in total. The molecule has 0 saturated heterocycles. The number of hydrogen-bond donors (Lipinski definition) is 1. The van der Waals surface area contributed by atoms with Crippen molar-refractivity contribution in [3.8, 4) is 11.3 Å². The number of fused-ring (bicyclic) bond motifs is 1. The predicted octanol–water partition coefficient (Wildman–Crippen LogP) is 6.19. The summed E-state index contributed by atoms with van der Waals surface area (Å²) < 4.78 is 64.0. The van der Waals surface area contributed by atoms with Crippen molar-refractivity contribution in [1.29, 1.82) is 0 Å². The number of methoxy groups -OCH3 is 1. The SMILES string of the molecule is COC(C(=O)N1CCn2c(nc(-c3ccc(F)cc3)c2Nc2ccc(C)cc2)C1)(c1ccccc1)C(F)(F)F. The van der Waals surface area contributed by atoms with Gasteiger partial charge in [-0.05, 0) is 43.3 Å². The van der Waals surface area contributed by atoms with Gasteiger partial charge in [0.1, 0.15) is 23.2 Å². The summed E-state index contributed by atoms with van der Waals surface area (Å²) in [5.41, 5.74) is -0.481. The van der Waals surface area contributed by atoms with Gasteiger partial charge in [-0.25, -0.2) is 9.37 Å². The van der Waals surface area contributed by atoms with Gasteiger partial charge < -0.3 is 19.5 Å². The molecule has 39 heavy (non-hydrogen) atoms. The smallest absolute Gasteiger partial charge is 0.356 e. The third kappa shape index (κ3) is 4.76. The van der Waals surface area contributed by atoms with Crippen LogP contribution >= 0.6 is 0 Å². The topological polar surface area (TPSA) is 59.4 Å². The minimum absolute atomic E-state index is 0.00164. The summed E-state index contributed by atoms with van der Waals surface area (Å²) in [6.07, 6.45) is -5.01. The van der Waals surface area contributed by atoms with Crippen LogP contribution in [0.15, 0.2) is 78.9 Å². The summed E-state index contributed by atoms with van der Waals surface area (Å²) in [5, 5.41) is 3.36. The molecule has 0 radical (unpaired) electrons. The molecule has 0 saturated carbocycles. The molecule has 1 aliphatic heterocycles. The van der Waals surface area contributed by atoms with Crippen LogP contribution in [-0.2, 0) is 28.2 Å². The molecule has 2 heterocycles. The second-order valence-electron chi connectivity index (χ2n) is 9.35. The number of nitrogens with one attached hydrogen (secondary N) is 1. The maximum atomic E-state index is 14.5. The first-order valence-corrected chi connectivity index (χ1v) is 12.3. The Morgan fingerprint density at radius 2 is 1.62 bits per heavy atom. The highest BCUT2D eigenvalue weighted by Gasteiger charge is 2.64. The number of anilines is 2. The van der Waals surface area contributed by atoms with Gasteiger partial charge in [0.2, 0.25) is 0 Å². The number of imidazole rings is 1. The lowest BCUT2D eigenvalue weighted by Gasteiger charge is -2.39. The Morgan fingerprint density at radius 1 is 0.949 bits per heavy atom. The average Bonchev–Trinajstić information content (AvgIpc) is 3.28. The van der Waals surface area contributed by atoms with E-state index in [2.05, 4.69) is 5.32 Å². The third-order valence-electron chi connectivity index (χ3n) is 6.88. The van der Waals surface area contributed by atoms with E-state index in [9.17, 15) is 22.4 Å². The van der Waals surface area contributed by atoms with Crippen LogP contribution in [0.5, 0.6) is 0 Å². The summed E-state index contributed by atoms with van der Waals surface area (Å²) >= 11 is 0. The lowest BCUT2D eigenvalue weighted by atomic mass is 9.90. The Kier molecular flexibility index (Phi) is 6.90. The fourth-order valence-electron chi connectivity index (χ4n) is 4.84. The second-order valence-corrected chi connectivity index (χ2v) is 9.35. The minimum Gasteiger partial charge on any atom is -0.356 e. The molecule has 1 aromatic heterocycles. The van der Waals surface area contributed by atoms with Crippen LogP contribution in [0.1, 0.15) is 17.0 Å². The van der Waals surface area contributed by atoms with E-state index in [1.807, 2.05) is 35.8 Å². The first kappa shape index (κ1) is 26.4. The van der Waals surface area contributed by atoms with E-state index >= 15 is 0 Å². The molecular formula is C29H26F4N4O2. The molecule has 0 spiro atoms. The van der Waals surface area contributed by atoms with Crippen LogP contribution in [0.3, 0.4) is 0 Å². The molecular weight excluding hydrogens is 512 g/mol. The number of carbonyl (C=O) groups excluding carboxylic acids is 1. The van der Waals surface area contributed by atoms with E-state index in [4.69, 9.17) is 9.72 Å².